The number of pyridine rings is 1. The Hall–Kier alpha value is -2.04. The molecular formula is C10H11N3O2. The second-order valence-corrected chi connectivity index (χ2v) is 3.03. The van der Waals surface area contributed by atoms with E-state index in [9.17, 15) is 4.79 Å². The van der Waals surface area contributed by atoms with Crippen molar-refractivity contribution in [3.05, 3.63) is 23.9 Å². The van der Waals surface area contributed by atoms with Crippen LogP contribution in [0.5, 0.6) is 0 Å². The topological polar surface area (TPSA) is 81.0 Å². The second-order valence-electron chi connectivity index (χ2n) is 3.03. The summed E-state index contributed by atoms with van der Waals surface area (Å²) in [5, 5.41) is 0.688. The molecule has 2 aromatic heterocycles. The molecule has 5 heteroatoms. The lowest BCUT2D eigenvalue weighted by atomic mass is 10.2. The number of anilines is 1. The molecule has 0 aliphatic heterocycles. The number of carbonyl (C=O) groups is 1. The van der Waals surface area contributed by atoms with Crippen LogP contribution in [0.4, 0.5) is 5.82 Å². The first-order valence-corrected chi connectivity index (χ1v) is 4.63. The molecule has 2 aromatic rings. The summed E-state index contributed by atoms with van der Waals surface area (Å²) in [5.41, 5.74) is 6.64. The minimum Gasteiger partial charge on any atom is -0.462 e. The summed E-state index contributed by atoms with van der Waals surface area (Å²) < 4.78 is 4.91. The van der Waals surface area contributed by atoms with Crippen LogP contribution in [-0.4, -0.2) is 22.5 Å². The van der Waals surface area contributed by atoms with Crippen molar-refractivity contribution in [3.63, 3.8) is 0 Å². The number of hydrogen-bond acceptors (Lipinski definition) is 4. The molecule has 15 heavy (non-hydrogen) atoms. The van der Waals surface area contributed by atoms with Crippen LogP contribution in [0.25, 0.3) is 11.0 Å². The number of nitrogens with zero attached hydrogens (tertiary/aromatic N) is 1. The highest BCUT2D eigenvalue weighted by Crippen LogP contribution is 2.22. The number of aromatic nitrogens is 2. The number of rotatable bonds is 2. The number of carbonyl (C=O) groups excluding carboxylic acids is 1. The molecule has 0 saturated carbocycles. The van der Waals surface area contributed by atoms with E-state index in [4.69, 9.17) is 10.5 Å². The minimum atomic E-state index is -0.422. The highest BCUT2D eigenvalue weighted by molar-refractivity contribution is 6.07. The third kappa shape index (κ3) is 1.52. The molecule has 3 N–H and O–H groups in total. The first kappa shape index (κ1) is 9.51. The van der Waals surface area contributed by atoms with Crippen molar-refractivity contribution >= 4 is 22.8 Å². The lowest BCUT2D eigenvalue weighted by molar-refractivity contribution is 0.0530. The van der Waals surface area contributed by atoms with Crippen molar-refractivity contribution in [2.75, 3.05) is 12.3 Å². The van der Waals surface area contributed by atoms with E-state index in [2.05, 4.69) is 9.97 Å². The summed E-state index contributed by atoms with van der Waals surface area (Å²) in [6, 6.07) is 3.53. The fourth-order valence-electron chi connectivity index (χ4n) is 1.46. The Labute approximate surface area is 86.3 Å². The van der Waals surface area contributed by atoms with Gasteiger partial charge in [-0.05, 0) is 19.1 Å². The van der Waals surface area contributed by atoms with Gasteiger partial charge in [0, 0.05) is 11.6 Å². The molecule has 0 aliphatic rings. The Morgan fingerprint density at radius 2 is 2.47 bits per heavy atom. The molecule has 5 nitrogen and oxygen atoms in total. The van der Waals surface area contributed by atoms with Gasteiger partial charge in [0.05, 0.1) is 6.61 Å². The molecule has 0 saturated heterocycles. The number of H-pyrrole nitrogens is 1. The van der Waals surface area contributed by atoms with Gasteiger partial charge in [-0.15, -0.1) is 0 Å². The Morgan fingerprint density at radius 3 is 3.20 bits per heavy atom. The average Bonchev–Trinajstić information content (AvgIpc) is 2.54. The summed E-state index contributed by atoms with van der Waals surface area (Å²) in [6.45, 7) is 2.08. The van der Waals surface area contributed by atoms with Gasteiger partial charge in [0.1, 0.15) is 17.0 Å². The molecule has 0 spiro atoms. The standard InChI is InChI=1S/C10H11N3O2/c1-2-15-10(14)7-6-4-3-5-12-9(6)13-8(7)11/h3-5H,2,11H2,1H3,(H,12,13). The summed E-state index contributed by atoms with van der Waals surface area (Å²) >= 11 is 0. The number of hydrogen-bond donors (Lipinski definition) is 2. The summed E-state index contributed by atoms with van der Waals surface area (Å²) in [6.07, 6.45) is 1.63. The predicted molar refractivity (Wildman–Crippen MR) is 56.5 cm³/mol. The van der Waals surface area contributed by atoms with Crippen molar-refractivity contribution in [2.24, 2.45) is 0 Å². The molecule has 2 rings (SSSR count). The van der Waals surface area contributed by atoms with Gasteiger partial charge in [0.15, 0.2) is 0 Å². The number of nitrogens with one attached hydrogen (secondary N) is 1. The fourth-order valence-corrected chi connectivity index (χ4v) is 1.46. The van der Waals surface area contributed by atoms with E-state index in [0.29, 0.717) is 29.0 Å². The SMILES string of the molecule is CCOC(=O)c1c(N)[nH]c2ncccc12. The largest absolute Gasteiger partial charge is 0.462 e. The fraction of sp³-hybridized carbons (Fsp3) is 0.200. The molecule has 0 radical (unpaired) electrons. The molecule has 0 aromatic carbocycles. The summed E-state index contributed by atoms with van der Waals surface area (Å²) in [7, 11) is 0. The highest BCUT2D eigenvalue weighted by atomic mass is 16.5. The van der Waals surface area contributed by atoms with E-state index in [-0.39, 0.29) is 0 Å². The number of esters is 1. The third-order valence-corrected chi connectivity index (χ3v) is 2.08. The maximum atomic E-state index is 11.6. The van der Waals surface area contributed by atoms with Crippen molar-refractivity contribution < 1.29 is 9.53 Å². The minimum absolute atomic E-state index is 0.294. The van der Waals surface area contributed by atoms with Gasteiger partial charge in [0.2, 0.25) is 0 Å². The molecule has 0 bridgehead atoms. The molecule has 2 heterocycles. The second kappa shape index (κ2) is 3.61. The number of ether oxygens (including phenoxy) is 1. The highest BCUT2D eigenvalue weighted by Gasteiger charge is 2.17. The van der Waals surface area contributed by atoms with Crippen molar-refractivity contribution in [2.45, 2.75) is 6.92 Å². The first-order chi connectivity index (χ1) is 7.24. The first-order valence-electron chi connectivity index (χ1n) is 4.63. The normalized spacial score (nSPS) is 10.5. The lowest BCUT2D eigenvalue weighted by Gasteiger charge is -2.00. The van der Waals surface area contributed by atoms with Gasteiger partial charge < -0.3 is 15.5 Å². The Kier molecular flexibility index (Phi) is 2.29. The van der Waals surface area contributed by atoms with Crippen LogP contribution >= 0.6 is 0 Å². The van der Waals surface area contributed by atoms with Gasteiger partial charge in [0.25, 0.3) is 0 Å². The van der Waals surface area contributed by atoms with E-state index in [1.807, 2.05) is 0 Å². The van der Waals surface area contributed by atoms with E-state index in [1.54, 1.807) is 25.3 Å². The molecular weight excluding hydrogens is 194 g/mol. The molecule has 0 atom stereocenters. The molecule has 0 unspecified atom stereocenters. The molecule has 0 aliphatic carbocycles. The maximum absolute atomic E-state index is 11.6. The summed E-state index contributed by atoms with van der Waals surface area (Å²) in [5.74, 6) is -0.128. The van der Waals surface area contributed by atoms with Crippen LogP contribution in [0, 0.1) is 0 Å². The van der Waals surface area contributed by atoms with Crippen LogP contribution in [0.2, 0.25) is 0 Å². The van der Waals surface area contributed by atoms with Gasteiger partial charge in [-0.2, -0.15) is 0 Å². The lowest BCUT2D eigenvalue weighted by Crippen LogP contribution is -2.06. The monoisotopic (exact) mass is 205 g/mol. The maximum Gasteiger partial charge on any atom is 0.342 e. The van der Waals surface area contributed by atoms with Crippen molar-refractivity contribution in [3.8, 4) is 0 Å². The van der Waals surface area contributed by atoms with Gasteiger partial charge >= 0.3 is 5.97 Å². The van der Waals surface area contributed by atoms with Gasteiger partial charge in [-0.1, -0.05) is 0 Å². The van der Waals surface area contributed by atoms with Crippen LogP contribution < -0.4 is 5.73 Å². The predicted octanol–water partition coefficient (Wildman–Crippen LogP) is 1.32. The Morgan fingerprint density at radius 1 is 1.67 bits per heavy atom. The average molecular weight is 205 g/mol. The van der Waals surface area contributed by atoms with Gasteiger partial charge in [-0.3, -0.25) is 0 Å². The van der Waals surface area contributed by atoms with E-state index < -0.39 is 5.97 Å². The zero-order valence-electron chi connectivity index (χ0n) is 8.28. The number of aromatic amines is 1. The van der Waals surface area contributed by atoms with Crippen molar-refractivity contribution in [1.29, 1.82) is 0 Å². The number of nitrogen functional groups attached to an aromatic ring is 1. The van der Waals surface area contributed by atoms with E-state index in [1.165, 1.54) is 0 Å². The molecule has 0 amide bonds. The number of nitrogens with two attached hydrogens (primary N) is 1. The number of fused-ring (bicyclic) bond motifs is 1. The quantitative estimate of drug-likeness (QED) is 0.724. The van der Waals surface area contributed by atoms with Crippen LogP contribution in [0.15, 0.2) is 18.3 Å². The van der Waals surface area contributed by atoms with Crippen LogP contribution in [0.1, 0.15) is 17.3 Å². The molecule has 0 fully saturated rings. The van der Waals surface area contributed by atoms with Crippen molar-refractivity contribution in [1.82, 2.24) is 9.97 Å². The zero-order chi connectivity index (χ0) is 10.8. The third-order valence-electron chi connectivity index (χ3n) is 2.08. The van der Waals surface area contributed by atoms with E-state index >= 15 is 0 Å². The van der Waals surface area contributed by atoms with Gasteiger partial charge in [-0.25, -0.2) is 9.78 Å². The zero-order valence-corrected chi connectivity index (χ0v) is 8.28. The smallest absolute Gasteiger partial charge is 0.342 e. The van der Waals surface area contributed by atoms with E-state index in [0.717, 1.165) is 0 Å². The molecule has 78 valence electrons. The Balaban J connectivity index is 2.58. The van der Waals surface area contributed by atoms with Crippen LogP contribution in [0.3, 0.4) is 0 Å². The van der Waals surface area contributed by atoms with Crippen LogP contribution in [-0.2, 0) is 4.74 Å². The summed E-state index contributed by atoms with van der Waals surface area (Å²) in [4.78, 5) is 18.5. The Bertz CT molecular complexity index is 504.